The SMILES string of the molecule is CC\C(=C/C(=C\C=C\Br)OC)C(NC=O)Nc1sc2c(c1C)CCC(Br)(Br)C2=O. The predicted octanol–water partition coefficient (Wildman–Crippen LogP) is 5.93. The third kappa shape index (κ3) is 5.83. The Morgan fingerprint density at radius 3 is 2.72 bits per heavy atom. The van der Waals surface area contributed by atoms with Crippen LogP contribution in [0.15, 0.2) is 34.5 Å². The number of hydrogen-bond acceptors (Lipinski definition) is 5. The maximum absolute atomic E-state index is 12.8. The highest BCUT2D eigenvalue weighted by Gasteiger charge is 2.40. The first kappa shape index (κ1) is 24.4. The van der Waals surface area contributed by atoms with Crippen LogP contribution in [0.5, 0.6) is 0 Å². The summed E-state index contributed by atoms with van der Waals surface area (Å²) in [6, 6.07) is 0. The van der Waals surface area contributed by atoms with Gasteiger partial charge in [-0.05, 0) is 60.0 Å². The minimum Gasteiger partial charge on any atom is -0.497 e. The van der Waals surface area contributed by atoms with E-state index in [2.05, 4.69) is 58.4 Å². The Balaban J connectivity index is 2.38. The van der Waals surface area contributed by atoms with Crippen molar-refractivity contribution in [3.8, 4) is 0 Å². The molecule has 0 aliphatic heterocycles. The number of carbonyl (C=O) groups is 2. The average Bonchev–Trinajstić information content (AvgIpc) is 3.01. The molecule has 1 aromatic heterocycles. The number of methoxy groups -OCH3 is 1. The molecule has 0 radical (unpaired) electrons. The van der Waals surface area contributed by atoms with Crippen LogP contribution in [-0.4, -0.2) is 28.7 Å². The molecule has 2 rings (SSSR count). The lowest BCUT2D eigenvalue weighted by atomic mass is 9.95. The van der Waals surface area contributed by atoms with E-state index in [4.69, 9.17) is 4.74 Å². The van der Waals surface area contributed by atoms with Crippen LogP contribution < -0.4 is 10.6 Å². The zero-order chi connectivity index (χ0) is 21.6. The maximum Gasteiger partial charge on any atom is 0.208 e. The van der Waals surface area contributed by atoms with E-state index in [1.54, 1.807) is 12.1 Å². The standard InChI is InChI=1S/C20H23Br3N2O3S/c1-4-13(10-14(28-3)6-5-9-21)18(24-11-26)25-19-12(2)15-7-8-20(22,23)17(27)16(15)29-19/h5-6,9-11,18,25H,4,7-8H2,1-3H3,(H,24,26)/b9-5+,13-10+,14-6+. The number of ether oxygens (including phenoxy) is 1. The molecule has 29 heavy (non-hydrogen) atoms. The van der Waals surface area contributed by atoms with Gasteiger partial charge in [0.2, 0.25) is 6.41 Å². The van der Waals surface area contributed by atoms with Crippen LogP contribution >= 0.6 is 59.1 Å². The summed E-state index contributed by atoms with van der Waals surface area (Å²) in [7, 11) is 1.60. The lowest BCUT2D eigenvalue weighted by molar-refractivity contribution is -0.109. The predicted molar refractivity (Wildman–Crippen MR) is 130 cm³/mol. The van der Waals surface area contributed by atoms with Gasteiger partial charge in [0, 0.05) is 0 Å². The van der Waals surface area contributed by atoms with Gasteiger partial charge in [-0.25, -0.2) is 0 Å². The third-order valence-corrected chi connectivity index (χ3v) is 7.77. The number of Topliss-reactive ketones (excluding diaryl/α,β-unsaturated/α-hetero) is 1. The number of anilines is 1. The van der Waals surface area contributed by atoms with Crippen molar-refractivity contribution in [1.29, 1.82) is 0 Å². The van der Waals surface area contributed by atoms with Gasteiger partial charge in [-0.3, -0.25) is 9.59 Å². The molecule has 0 aromatic carbocycles. The summed E-state index contributed by atoms with van der Waals surface area (Å²) in [5.41, 5.74) is 3.07. The van der Waals surface area contributed by atoms with Crippen LogP contribution in [-0.2, 0) is 16.0 Å². The molecular formula is C20H23Br3N2O3S. The van der Waals surface area contributed by atoms with E-state index in [1.165, 1.54) is 11.3 Å². The van der Waals surface area contributed by atoms with Gasteiger partial charge >= 0.3 is 0 Å². The number of ketones is 1. The van der Waals surface area contributed by atoms with E-state index < -0.39 is 9.40 Å². The monoisotopic (exact) mass is 608 g/mol. The zero-order valence-electron chi connectivity index (χ0n) is 16.4. The highest BCUT2D eigenvalue weighted by Crippen LogP contribution is 2.46. The number of fused-ring (bicyclic) bond motifs is 1. The quantitative estimate of drug-likeness (QED) is 0.120. The third-order valence-electron chi connectivity index (χ3n) is 4.68. The van der Waals surface area contributed by atoms with Gasteiger partial charge in [-0.2, -0.15) is 0 Å². The van der Waals surface area contributed by atoms with Gasteiger partial charge in [0.1, 0.15) is 15.2 Å². The van der Waals surface area contributed by atoms with Gasteiger partial charge in [0.05, 0.1) is 17.0 Å². The van der Waals surface area contributed by atoms with Crippen molar-refractivity contribution in [3.05, 3.63) is 50.5 Å². The summed E-state index contributed by atoms with van der Waals surface area (Å²) in [5.74, 6) is 0.704. The summed E-state index contributed by atoms with van der Waals surface area (Å²) in [5, 5.41) is 7.12. The van der Waals surface area contributed by atoms with E-state index in [0.29, 0.717) is 25.0 Å². The molecule has 0 spiro atoms. The zero-order valence-corrected chi connectivity index (χ0v) is 21.9. The fraction of sp³-hybridized carbons (Fsp3) is 0.400. The number of thiophene rings is 1. The molecule has 0 saturated heterocycles. The van der Waals surface area contributed by atoms with Gasteiger partial charge in [-0.15, -0.1) is 11.3 Å². The van der Waals surface area contributed by atoms with E-state index in [9.17, 15) is 9.59 Å². The minimum atomic E-state index is -0.697. The summed E-state index contributed by atoms with van der Waals surface area (Å²) in [6.07, 6.45) is 7.98. The molecule has 1 atom stereocenters. The van der Waals surface area contributed by atoms with Crippen molar-refractivity contribution in [3.63, 3.8) is 0 Å². The molecular weight excluding hydrogens is 588 g/mol. The van der Waals surface area contributed by atoms with Gasteiger partial charge in [0.15, 0.2) is 5.78 Å². The molecule has 9 heteroatoms. The van der Waals surface area contributed by atoms with E-state index in [0.717, 1.165) is 33.0 Å². The number of carbonyl (C=O) groups excluding carboxylic acids is 2. The number of allylic oxidation sites excluding steroid dienone is 3. The first-order chi connectivity index (χ1) is 13.8. The summed E-state index contributed by atoms with van der Waals surface area (Å²) >= 11 is 11.6. The Morgan fingerprint density at radius 2 is 2.14 bits per heavy atom. The topological polar surface area (TPSA) is 67.4 Å². The van der Waals surface area contributed by atoms with Crippen molar-refractivity contribution >= 4 is 76.3 Å². The minimum absolute atomic E-state index is 0.0391. The van der Waals surface area contributed by atoms with E-state index in [1.807, 2.05) is 32.1 Å². The number of amides is 1. The highest BCUT2D eigenvalue weighted by atomic mass is 79.9. The Kier molecular flexibility index (Phi) is 9.18. The molecule has 0 fully saturated rings. The number of alkyl halides is 2. The Hall–Kier alpha value is -0.900. The van der Waals surface area contributed by atoms with Crippen molar-refractivity contribution in [1.82, 2.24) is 5.32 Å². The first-order valence-electron chi connectivity index (χ1n) is 9.01. The largest absolute Gasteiger partial charge is 0.497 e. The van der Waals surface area contributed by atoms with Crippen LogP contribution in [0.1, 0.15) is 40.6 Å². The first-order valence-corrected chi connectivity index (χ1v) is 12.3. The Morgan fingerprint density at radius 1 is 1.41 bits per heavy atom. The molecule has 1 aliphatic carbocycles. The van der Waals surface area contributed by atoms with Gasteiger partial charge < -0.3 is 15.4 Å². The molecule has 1 aromatic rings. The summed E-state index contributed by atoms with van der Waals surface area (Å²) in [4.78, 5) is 26.5. The number of halogens is 3. The fourth-order valence-electron chi connectivity index (χ4n) is 3.05. The lowest BCUT2D eigenvalue weighted by Gasteiger charge is -2.24. The number of nitrogens with one attached hydrogen (secondary N) is 2. The van der Waals surface area contributed by atoms with Crippen LogP contribution in [0.2, 0.25) is 0 Å². The normalized spacial score (nSPS) is 17.8. The molecule has 1 aliphatic rings. The van der Waals surface area contributed by atoms with Crippen molar-refractivity contribution in [2.45, 2.75) is 42.5 Å². The molecule has 1 amide bonds. The smallest absolute Gasteiger partial charge is 0.208 e. The van der Waals surface area contributed by atoms with Crippen molar-refractivity contribution < 1.29 is 14.3 Å². The van der Waals surface area contributed by atoms with Gasteiger partial charge in [-0.1, -0.05) is 60.8 Å². The van der Waals surface area contributed by atoms with E-state index in [-0.39, 0.29) is 5.78 Å². The Labute approximate surface area is 200 Å². The van der Waals surface area contributed by atoms with Crippen molar-refractivity contribution in [2.75, 3.05) is 12.4 Å². The lowest BCUT2D eigenvalue weighted by Crippen LogP contribution is -2.37. The molecule has 158 valence electrons. The van der Waals surface area contributed by atoms with Gasteiger partial charge in [0.25, 0.3) is 0 Å². The Bertz CT molecular complexity index is 859. The highest BCUT2D eigenvalue weighted by molar-refractivity contribution is 9.26. The molecule has 1 heterocycles. The van der Waals surface area contributed by atoms with Crippen molar-refractivity contribution in [2.24, 2.45) is 0 Å². The summed E-state index contributed by atoms with van der Waals surface area (Å²) in [6.45, 7) is 4.02. The average molecular weight is 611 g/mol. The van der Waals surface area contributed by atoms with Crippen LogP contribution in [0.4, 0.5) is 5.00 Å². The molecule has 0 saturated carbocycles. The number of hydrogen-bond donors (Lipinski definition) is 2. The molecule has 1 unspecified atom stereocenters. The maximum atomic E-state index is 12.8. The molecule has 5 nitrogen and oxygen atoms in total. The fourth-order valence-corrected chi connectivity index (χ4v) is 5.56. The molecule has 2 N–H and O–H groups in total. The van der Waals surface area contributed by atoms with E-state index >= 15 is 0 Å². The second-order valence-electron chi connectivity index (χ2n) is 6.42. The molecule has 0 bridgehead atoms. The number of rotatable bonds is 9. The van der Waals surface area contributed by atoms with Crippen LogP contribution in [0.25, 0.3) is 0 Å². The van der Waals surface area contributed by atoms with Crippen LogP contribution in [0, 0.1) is 6.92 Å². The second kappa shape index (κ2) is 10.9. The van der Waals surface area contributed by atoms with Crippen LogP contribution in [0.3, 0.4) is 0 Å². The summed E-state index contributed by atoms with van der Waals surface area (Å²) < 4.78 is 4.71. The second-order valence-corrected chi connectivity index (χ2v) is 11.7.